The zero-order valence-corrected chi connectivity index (χ0v) is 13.6. The lowest BCUT2D eigenvalue weighted by Crippen LogP contribution is -2.13. The highest BCUT2D eigenvalue weighted by Gasteiger charge is 2.17. The van der Waals surface area contributed by atoms with Crippen LogP contribution < -0.4 is 5.32 Å². The molecule has 0 aliphatic heterocycles. The van der Waals surface area contributed by atoms with Crippen molar-refractivity contribution in [1.29, 1.82) is 0 Å². The first kappa shape index (κ1) is 15.3. The molecule has 23 heavy (non-hydrogen) atoms. The Balaban J connectivity index is 1.84. The number of hydrogen-bond donors (Lipinski definition) is 1. The van der Waals surface area contributed by atoms with Crippen LogP contribution in [-0.4, -0.2) is 24.9 Å². The zero-order chi connectivity index (χ0) is 16.4. The number of anilines is 1. The van der Waals surface area contributed by atoms with E-state index < -0.39 is 0 Å². The molecule has 0 bridgehead atoms. The minimum absolute atomic E-state index is 0.222. The number of nitrogens with zero attached hydrogens (tertiary/aromatic N) is 1. The molecule has 1 N–H and O–H groups in total. The van der Waals surface area contributed by atoms with Crippen LogP contribution in [0.1, 0.15) is 21.7 Å². The second kappa shape index (κ2) is 6.26. The van der Waals surface area contributed by atoms with Gasteiger partial charge in [-0.3, -0.25) is 4.79 Å². The molecule has 1 heterocycles. The van der Waals surface area contributed by atoms with Crippen molar-refractivity contribution in [2.75, 3.05) is 19.4 Å². The smallest absolute Gasteiger partial charge is 0.291 e. The van der Waals surface area contributed by atoms with Crippen molar-refractivity contribution in [1.82, 2.24) is 4.90 Å². The largest absolute Gasteiger partial charge is 0.451 e. The fraction of sp³-hybridized carbons (Fsp3) is 0.211. The van der Waals surface area contributed by atoms with Crippen LogP contribution in [0.4, 0.5) is 5.69 Å². The van der Waals surface area contributed by atoms with E-state index in [1.807, 2.05) is 69.6 Å². The van der Waals surface area contributed by atoms with E-state index in [4.69, 9.17) is 4.42 Å². The van der Waals surface area contributed by atoms with Crippen molar-refractivity contribution in [3.8, 4) is 0 Å². The first-order valence-corrected chi connectivity index (χ1v) is 7.58. The number of rotatable bonds is 4. The second-order valence-corrected chi connectivity index (χ2v) is 5.94. The van der Waals surface area contributed by atoms with Gasteiger partial charge in [0.25, 0.3) is 5.91 Å². The molecule has 0 radical (unpaired) electrons. The van der Waals surface area contributed by atoms with Gasteiger partial charge in [-0.15, -0.1) is 0 Å². The zero-order valence-electron chi connectivity index (χ0n) is 13.6. The lowest BCUT2D eigenvalue weighted by molar-refractivity contribution is 0.0998. The number of benzene rings is 2. The summed E-state index contributed by atoms with van der Waals surface area (Å²) in [6.07, 6.45) is 0. The van der Waals surface area contributed by atoms with Crippen LogP contribution in [0.5, 0.6) is 0 Å². The molecule has 1 amide bonds. The minimum Gasteiger partial charge on any atom is -0.451 e. The molecule has 0 aliphatic carbocycles. The summed E-state index contributed by atoms with van der Waals surface area (Å²) < 4.78 is 5.71. The maximum atomic E-state index is 12.5. The molecule has 3 aromatic rings. The molecule has 0 spiro atoms. The van der Waals surface area contributed by atoms with Gasteiger partial charge in [0.15, 0.2) is 5.76 Å². The van der Waals surface area contributed by atoms with E-state index in [9.17, 15) is 4.79 Å². The average Bonchev–Trinajstić information content (AvgIpc) is 2.85. The normalized spacial score (nSPS) is 11.1. The minimum atomic E-state index is -0.222. The number of carbonyl (C=O) groups is 1. The number of nitrogens with one attached hydrogen (secondary N) is 1. The van der Waals surface area contributed by atoms with Crippen molar-refractivity contribution in [3.05, 3.63) is 65.4 Å². The van der Waals surface area contributed by atoms with Gasteiger partial charge in [-0.2, -0.15) is 0 Å². The Labute approximate surface area is 135 Å². The van der Waals surface area contributed by atoms with Crippen molar-refractivity contribution in [2.24, 2.45) is 0 Å². The van der Waals surface area contributed by atoms with Crippen molar-refractivity contribution in [3.63, 3.8) is 0 Å². The quantitative estimate of drug-likeness (QED) is 0.790. The van der Waals surface area contributed by atoms with Crippen LogP contribution in [0.2, 0.25) is 0 Å². The van der Waals surface area contributed by atoms with Gasteiger partial charge >= 0.3 is 0 Å². The average molecular weight is 308 g/mol. The topological polar surface area (TPSA) is 45.5 Å². The number of fused-ring (bicyclic) bond motifs is 1. The Morgan fingerprint density at radius 2 is 1.91 bits per heavy atom. The van der Waals surface area contributed by atoms with E-state index in [0.717, 1.165) is 34.3 Å². The molecule has 2 aromatic carbocycles. The maximum Gasteiger partial charge on any atom is 0.291 e. The Morgan fingerprint density at radius 3 is 2.65 bits per heavy atom. The maximum absolute atomic E-state index is 12.5. The van der Waals surface area contributed by atoms with Crippen LogP contribution in [0.15, 0.2) is 52.9 Å². The van der Waals surface area contributed by atoms with E-state index in [0.29, 0.717) is 5.76 Å². The summed E-state index contributed by atoms with van der Waals surface area (Å²) in [5.74, 6) is 0.143. The molecule has 3 rings (SSSR count). The summed E-state index contributed by atoms with van der Waals surface area (Å²) in [5, 5.41) is 3.89. The molecule has 0 unspecified atom stereocenters. The highest BCUT2D eigenvalue weighted by molar-refractivity contribution is 6.06. The van der Waals surface area contributed by atoms with Crippen LogP contribution in [0.25, 0.3) is 11.0 Å². The third kappa shape index (κ3) is 3.27. The van der Waals surface area contributed by atoms with E-state index in [1.165, 1.54) is 0 Å². The number of aryl methyl sites for hydroxylation is 1. The molecular formula is C19H20N2O2. The molecule has 0 saturated heterocycles. The third-order valence-corrected chi connectivity index (χ3v) is 3.73. The van der Waals surface area contributed by atoms with E-state index in [2.05, 4.69) is 10.2 Å². The molecule has 1 aromatic heterocycles. The van der Waals surface area contributed by atoms with Gasteiger partial charge in [-0.25, -0.2) is 0 Å². The summed E-state index contributed by atoms with van der Waals surface area (Å²) in [7, 11) is 4.03. The van der Waals surface area contributed by atoms with Crippen molar-refractivity contribution >= 4 is 22.6 Å². The van der Waals surface area contributed by atoms with Crippen LogP contribution >= 0.6 is 0 Å². The summed E-state index contributed by atoms with van der Waals surface area (Å²) in [4.78, 5) is 14.6. The number of furan rings is 1. The fourth-order valence-corrected chi connectivity index (χ4v) is 2.69. The van der Waals surface area contributed by atoms with E-state index in [-0.39, 0.29) is 5.91 Å². The fourth-order valence-electron chi connectivity index (χ4n) is 2.69. The van der Waals surface area contributed by atoms with Gasteiger partial charge in [-0.1, -0.05) is 30.3 Å². The Bertz CT molecular complexity index is 849. The molecule has 0 atom stereocenters. The van der Waals surface area contributed by atoms with Crippen LogP contribution in [0, 0.1) is 6.92 Å². The number of amides is 1. The SMILES string of the molecule is Cc1c(C(=O)Nc2cccc(CN(C)C)c2)oc2ccccc12. The van der Waals surface area contributed by atoms with Gasteiger partial charge in [0, 0.05) is 23.2 Å². The standard InChI is InChI=1S/C19H20N2O2/c1-13-16-9-4-5-10-17(16)23-18(13)19(22)20-15-8-6-7-14(11-15)12-21(2)3/h4-11H,12H2,1-3H3,(H,20,22). The van der Waals surface area contributed by atoms with Crippen LogP contribution in [0.3, 0.4) is 0 Å². The first-order chi connectivity index (χ1) is 11.0. The predicted octanol–water partition coefficient (Wildman–Crippen LogP) is 4.06. The molecule has 118 valence electrons. The summed E-state index contributed by atoms with van der Waals surface area (Å²) in [6.45, 7) is 2.73. The summed E-state index contributed by atoms with van der Waals surface area (Å²) >= 11 is 0. The summed E-state index contributed by atoms with van der Waals surface area (Å²) in [5.41, 5.74) is 3.52. The number of carbonyl (C=O) groups excluding carboxylic acids is 1. The van der Waals surface area contributed by atoms with Crippen molar-refractivity contribution in [2.45, 2.75) is 13.5 Å². The Kier molecular flexibility index (Phi) is 4.17. The van der Waals surface area contributed by atoms with Gasteiger partial charge in [-0.05, 0) is 44.8 Å². The molecule has 0 fully saturated rings. The lowest BCUT2D eigenvalue weighted by Gasteiger charge is -2.11. The molecule has 0 aliphatic rings. The highest BCUT2D eigenvalue weighted by Crippen LogP contribution is 2.25. The lowest BCUT2D eigenvalue weighted by atomic mass is 10.1. The van der Waals surface area contributed by atoms with Gasteiger partial charge in [0.05, 0.1) is 0 Å². The molecular weight excluding hydrogens is 288 g/mol. The van der Waals surface area contributed by atoms with Gasteiger partial charge < -0.3 is 14.6 Å². The van der Waals surface area contributed by atoms with Crippen molar-refractivity contribution < 1.29 is 9.21 Å². The Morgan fingerprint density at radius 1 is 1.13 bits per heavy atom. The molecule has 0 saturated carbocycles. The molecule has 4 nitrogen and oxygen atoms in total. The highest BCUT2D eigenvalue weighted by atomic mass is 16.3. The summed E-state index contributed by atoms with van der Waals surface area (Å²) in [6, 6.07) is 15.5. The molecule has 4 heteroatoms. The number of hydrogen-bond acceptors (Lipinski definition) is 3. The van der Waals surface area contributed by atoms with E-state index in [1.54, 1.807) is 0 Å². The monoisotopic (exact) mass is 308 g/mol. The number of para-hydroxylation sites is 1. The van der Waals surface area contributed by atoms with Gasteiger partial charge in [0.1, 0.15) is 5.58 Å². The predicted molar refractivity (Wildman–Crippen MR) is 92.7 cm³/mol. The van der Waals surface area contributed by atoms with E-state index >= 15 is 0 Å². The second-order valence-electron chi connectivity index (χ2n) is 5.94. The Hall–Kier alpha value is -2.59. The first-order valence-electron chi connectivity index (χ1n) is 7.58. The third-order valence-electron chi connectivity index (χ3n) is 3.73. The van der Waals surface area contributed by atoms with Crippen LogP contribution in [-0.2, 0) is 6.54 Å². The van der Waals surface area contributed by atoms with Gasteiger partial charge in [0.2, 0.25) is 0 Å².